The molecule has 0 bridgehead atoms. The van der Waals surface area contributed by atoms with Crippen LogP contribution in [0, 0.1) is 0 Å². The van der Waals surface area contributed by atoms with Gasteiger partial charge in [0, 0.05) is 21.8 Å². The van der Waals surface area contributed by atoms with E-state index >= 15 is 0 Å². The predicted octanol–water partition coefficient (Wildman–Crippen LogP) is 3.59. The summed E-state index contributed by atoms with van der Waals surface area (Å²) in [5, 5.41) is 2.89. The SMILES string of the molecule is CCCc1cc(C(=O)Nc2cccc(SC)c2)cc(N)n1. The number of hydrogen-bond donors (Lipinski definition) is 2. The number of nitrogen functional groups attached to an aromatic ring is 1. The summed E-state index contributed by atoms with van der Waals surface area (Å²) in [6.45, 7) is 2.07. The van der Waals surface area contributed by atoms with Crippen molar-refractivity contribution in [2.45, 2.75) is 24.7 Å². The van der Waals surface area contributed by atoms with Crippen LogP contribution >= 0.6 is 11.8 Å². The normalized spacial score (nSPS) is 10.4. The van der Waals surface area contributed by atoms with E-state index in [1.165, 1.54) is 0 Å². The molecule has 2 rings (SSSR count). The largest absolute Gasteiger partial charge is 0.384 e. The molecule has 0 saturated carbocycles. The summed E-state index contributed by atoms with van der Waals surface area (Å²) in [7, 11) is 0. The molecule has 110 valence electrons. The molecule has 2 aromatic rings. The Hall–Kier alpha value is -2.01. The monoisotopic (exact) mass is 301 g/mol. The van der Waals surface area contributed by atoms with Crippen molar-refractivity contribution < 1.29 is 4.79 Å². The summed E-state index contributed by atoms with van der Waals surface area (Å²) >= 11 is 1.64. The average molecular weight is 301 g/mol. The van der Waals surface area contributed by atoms with Crippen molar-refractivity contribution in [3.63, 3.8) is 0 Å². The zero-order valence-corrected chi connectivity index (χ0v) is 13.0. The van der Waals surface area contributed by atoms with Crippen LogP contribution in [0.3, 0.4) is 0 Å². The Morgan fingerprint density at radius 2 is 2.14 bits per heavy atom. The van der Waals surface area contributed by atoms with Gasteiger partial charge in [0.05, 0.1) is 0 Å². The lowest BCUT2D eigenvalue weighted by Crippen LogP contribution is -2.13. The summed E-state index contributed by atoms with van der Waals surface area (Å²) in [5.41, 5.74) is 7.94. The quantitative estimate of drug-likeness (QED) is 0.828. The first-order valence-corrected chi connectivity index (χ1v) is 8.06. The molecule has 0 atom stereocenters. The average Bonchev–Trinajstić information content (AvgIpc) is 2.47. The Morgan fingerprint density at radius 1 is 1.33 bits per heavy atom. The van der Waals surface area contributed by atoms with Crippen LogP contribution < -0.4 is 11.1 Å². The molecule has 21 heavy (non-hydrogen) atoms. The van der Waals surface area contributed by atoms with Gasteiger partial charge in [0.15, 0.2) is 0 Å². The molecular weight excluding hydrogens is 282 g/mol. The van der Waals surface area contributed by atoms with Crippen molar-refractivity contribution >= 4 is 29.2 Å². The van der Waals surface area contributed by atoms with Crippen LogP contribution in [0.2, 0.25) is 0 Å². The Morgan fingerprint density at radius 3 is 2.86 bits per heavy atom. The number of amides is 1. The van der Waals surface area contributed by atoms with Crippen molar-refractivity contribution in [1.29, 1.82) is 0 Å². The summed E-state index contributed by atoms with van der Waals surface area (Å²) in [6, 6.07) is 11.1. The molecule has 5 heteroatoms. The van der Waals surface area contributed by atoms with Gasteiger partial charge in [-0.25, -0.2) is 4.98 Å². The number of aryl methyl sites for hydroxylation is 1. The molecule has 0 unspecified atom stereocenters. The third-order valence-corrected chi connectivity index (χ3v) is 3.72. The van der Waals surface area contributed by atoms with Gasteiger partial charge in [-0.15, -0.1) is 11.8 Å². The van der Waals surface area contributed by atoms with E-state index in [9.17, 15) is 4.79 Å². The molecule has 0 aliphatic rings. The lowest BCUT2D eigenvalue weighted by atomic mass is 10.1. The van der Waals surface area contributed by atoms with Crippen molar-refractivity contribution in [3.8, 4) is 0 Å². The highest BCUT2D eigenvalue weighted by atomic mass is 32.2. The number of nitrogens with zero attached hydrogens (tertiary/aromatic N) is 1. The van der Waals surface area contributed by atoms with Crippen molar-refractivity contribution in [2.24, 2.45) is 0 Å². The molecule has 3 N–H and O–H groups in total. The maximum atomic E-state index is 12.3. The Bertz CT molecular complexity index is 643. The summed E-state index contributed by atoms with van der Waals surface area (Å²) in [6.07, 6.45) is 3.78. The second-order valence-electron chi connectivity index (χ2n) is 4.71. The number of nitrogens with one attached hydrogen (secondary N) is 1. The van der Waals surface area contributed by atoms with Crippen LogP contribution in [0.25, 0.3) is 0 Å². The third kappa shape index (κ3) is 4.23. The molecular formula is C16H19N3OS. The van der Waals surface area contributed by atoms with Crippen LogP contribution in [-0.2, 0) is 6.42 Å². The number of carbonyl (C=O) groups is 1. The fourth-order valence-corrected chi connectivity index (χ4v) is 2.49. The van der Waals surface area contributed by atoms with E-state index in [4.69, 9.17) is 5.73 Å². The number of aromatic nitrogens is 1. The molecule has 1 heterocycles. The van der Waals surface area contributed by atoms with E-state index in [1.54, 1.807) is 23.9 Å². The summed E-state index contributed by atoms with van der Waals surface area (Å²) in [4.78, 5) is 17.7. The zero-order valence-electron chi connectivity index (χ0n) is 12.2. The van der Waals surface area contributed by atoms with Crippen molar-refractivity contribution in [2.75, 3.05) is 17.3 Å². The number of pyridine rings is 1. The van der Waals surface area contributed by atoms with E-state index in [-0.39, 0.29) is 5.91 Å². The Kier molecular flexibility index (Phi) is 5.22. The van der Waals surface area contributed by atoms with Crippen LogP contribution in [0.1, 0.15) is 29.4 Å². The van der Waals surface area contributed by atoms with E-state index in [0.717, 1.165) is 29.1 Å². The number of benzene rings is 1. The maximum absolute atomic E-state index is 12.3. The van der Waals surface area contributed by atoms with Crippen LogP contribution in [-0.4, -0.2) is 17.1 Å². The molecule has 1 aromatic heterocycles. The molecule has 1 aromatic carbocycles. The second kappa shape index (κ2) is 7.13. The second-order valence-corrected chi connectivity index (χ2v) is 5.59. The number of thioether (sulfide) groups is 1. The predicted molar refractivity (Wildman–Crippen MR) is 88.8 cm³/mol. The van der Waals surface area contributed by atoms with Gasteiger partial charge >= 0.3 is 0 Å². The van der Waals surface area contributed by atoms with E-state index in [1.807, 2.05) is 30.5 Å². The van der Waals surface area contributed by atoms with Gasteiger partial charge in [0.25, 0.3) is 5.91 Å². The number of hydrogen-bond acceptors (Lipinski definition) is 4. The highest BCUT2D eigenvalue weighted by molar-refractivity contribution is 7.98. The Labute approximate surface area is 129 Å². The molecule has 1 amide bonds. The van der Waals surface area contributed by atoms with Crippen LogP contribution in [0.15, 0.2) is 41.3 Å². The maximum Gasteiger partial charge on any atom is 0.255 e. The first-order valence-electron chi connectivity index (χ1n) is 6.84. The van der Waals surface area contributed by atoms with E-state index in [2.05, 4.69) is 17.2 Å². The first kappa shape index (κ1) is 15.4. The smallest absolute Gasteiger partial charge is 0.255 e. The van der Waals surface area contributed by atoms with Crippen molar-refractivity contribution in [3.05, 3.63) is 47.7 Å². The minimum absolute atomic E-state index is 0.167. The van der Waals surface area contributed by atoms with Crippen LogP contribution in [0.5, 0.6) is 0 Å². The fourth-order valence-electron chi connectivity index (χ4n) is 2.03. The number of nitrogens with two attached hydrogens (primary N) is 1. The molecule has 0 spiro atoms. The zero-order chi connectivity index (χ0) is 15.2. The molecule has 0 aliphatic carbocycles. The van der Waals surface area contributed by atoms with Gasteiger partial charge in [-0.05, 0) is 43.0 Å². The van der Waals surface area contributed by atoms with Gasteiger partial charge in [0.2, 0.25) is 0 Å². The highest BCUT2D eigenvalue weighted by Gasteiger charge is 2.09. The highest BCUT2D eigenvalue weighted by Crippen LogP contribution is 2.20. The minimum Gasteiger partial charge on any atom is -0.384 e. The van der Waals surface area contributed by atoms with Gasteiger partial charge in [-0.1, -0.05) is 19.4 Å². The summed E-state index contributed by atoms with van der Waals surface area (Å²) < 4.78 is 0. The number of anilines is 2. The molecule has 4 nitrogen and oxygen atoms in total. The topological polar surface area (TPSA) is 68.0 Å². The fraction of sp³-hybridized carbons (Fsp3) is 0.250. The Balaban J connectivity index is 2.19. The molecule has 0 radical (unpaired) electrons. The van der Waals surface area contributed by atoms with E-state index in [0.29, 0.717) is 11.4 Å². The lowest BCUT2D eigenvalue weighted by Gasteiger charge is -2.08. The van der Waals surface area contributed by atoms with Gasteiger partial charge in [-0.3, -0.25) is 4.79 Å². The molecule has 0 fully saturated rings. The standard InChI is InChI=1S/C16H19N3OS/c1-3-5-12-8-11(9-15(17)18-12)16(20)19-13-6-4-7-14(10-13)21-2/h4,6-10H,3,5H2,1-2H3,(H2,17,18)(H,19,20). The number of rotatable bonds is 5. The summed E-state index contributed by atoms with van der Waals surface area (Å²) in [5.74, 6) is 0.212. The molecule has 0 saturated heterocycles. The van der Waals surface area contributed by atoms with Crippen molar-refractivity contribution in [1.82, 2.24) is 4.98 Å². The molecule has 0 aliphatic heterocycles. The van der Waals surface area contributed by atoms with Gasteiger partial charge < -0.3 is 11.1 Å². The van der Waals surface area contributed by atoms with E-state index < -0.39 is 0 Å². The number of carbonyl (C=O) groups excluding carboxylic acids is 1. The first-order chi connectivity index (χ1) is 10.1. The third-order valence-electron chi connectivity index (χ3n) is 2.99. The lowest BCUT2D eigenvalue weighted by molar-refractivity contribution is 0.102. The van der Waals surface area contributed by atoms with Gasteiger partial charge in [-0.2, -0.15) is 0 Å². The minimum atomic E-state index is -0.167. The van der Waals surface area contributed by atoms with Crippen LogP contribution in [0.4, 0.5) is 11.5 Å². The van der Waals surface area contributed by atoms with Gasteiger partial charge in [0.1, 0.15) is 5.82 Å².